The summed E-state index contributed by atoms with van der Waals surface area (Å²) in [6.45, 7) is 1.53. The number of benzene rings is 1. The number of nitrogens with zero attached hydrogens (tertiary/aromatic N) is 2. The highest BCUT2D eigenvalue weighted by Gasteiger charge is 2.33. The maximum absolute atomic E-state index is 14.0. The Balaban J connectivity index is 1.77. The van der Waals surface area contributed by atoms with Crippen LogP contribution in [0.15, 0.2) is 12.1 Å². The fourth-order valence-electron chi connectivity index (χ4n) is 3.02. The fourth-order valence-corrected chi connectivity index (χ4v) is 3.02. The van der Waals surface area contributed by atoms with Gasteiger partial charge in [0, 0.05) is 32.7 Å². The Labute approximate surface area is 126 Å². The van der Waals surface area contributed by atoms with Crippen molar-refractivity contribution in [1.82, 2.24) is 10.2 Å². The predicted molar refractivity (Wildman–Crippen MR) is 76.5 cm³/mol. The van der Waals surface area contributed by atoms with E-state index in [-0.39, 0.29) is 23.9 Å². The molecule has 5 nitrogen and oxygen atoms in total. The van der Waals surface area contributed by atoms with Crippen LogP contribution in [0.5, 0.6) is 0 Å². The lowest BCUT2D eigenvalue weighted by Gasteiger charge is -2.31. The van der Waals surface area contributed by atoms with Crippen LogP contribution in [-0.2, 0) is 16.0 Å². The van der Waals surface area contributed by atoms with Crippen LogP contribution in [0.3, 0.4) is 0 Å². The van der Waals surface area contributed by atoms with Crippen molar-refractivity contribution in [2.45, 2.75) is 18.9 Å². The van der Waals surface area contributed by atoms with E-state index in [2.05, 4.69) is 5.32 Å². The average molecular weight is 309 g/mol. The molecule has 7 heteroatoms. The lowest BCUT2D eigenvalue weighted by Crippen LogP contribution is -2.55. The highest BCUT2D eigenvalue weighted by Crippen LogP contribution is 2.32. The first-order chi connectivity index (χ1) is 10.5. The zero-order valence-corrected chi connectivity index (χ0v) is 12.2. The fraction of sp³-hybridized carbons (Fsp3) is 0.467. The lowest BCUT2D eigenvalue weighted by atomic mass is 10.1. The molecular formula is C15H17F2N3O2. The predicted octanol–water partition coefficient (Wildman–Crippen LogP) is 0.674. The molecular weight excluding hydrogens is 292 g/mol. The van der Waals surface area contributed by atoms with Crippen LogP contribution in [0.2, 0.25) is 0 Å². The number of carbonyl (C=O) groups excluding carboxylic acids is 2. The van der Waals surface area contributed by atoms with E-state index in [1.54, 1.807) is 11.9 Å². The minimum atomic E-state index is -0.735. The Kier molecular flexibility index (Phi) is 3.82. The van der Waals surface area contributed by atoms with Crippen LogP contribution < -0.4 is 10.2 Å². The second kappa shape index (κ2) is 5.64. The molecule has 118 valence electrons. The van der Waals surface area contributed by atoms with Crippen LogP contribution in [0.25, 0.3) is 0 Å². The van der Waals surface area contributed by atoms with Gasteiger partial charge in [0.15, 0.2) is 0 Å². The van der Waals surface area contributed by atoms with E-state index >= 15 is 0 Å². The van der Waals surface area contributed by atoms with Gasteiger partial charge < -0.3 is 15.1 Å². The van der Waals surface area contributed by atoms with E-state index in [9.17, 15) is 18.4 Å². The van der Waals surface area contributed by atoms with Crippen molar-refractivity contribution in [2.24, 2.45) is 0 Å². The normalized spacial score (nSPS) is 21.2. The van der Waals surface area contributed by atoms with Crippen molar-refractivity contribution in [1.29, 1.82) is 0 Å². The van der Waals surface area contributed by atoms with Gasteiger partial charge in [0.1, 0.15) is 11.6 Å². The minimum absolute atomic E-state index is 0.0283. The third kappa shape index (κ3) is 2.56. The zero-order valence-electron chi connectivity index (χ0n) is 12.2. The molecule has 2 aliphatic heterocycles. The smallest absolute Gasteiger partial charge is 0.240 e. The third-order valence-electron chi connectivity index (χ3n) is 4.17. The molecule has 2 heterocycles. The van der Waals surface area contributed by atoms with Gasteiger partial charge in [0.2, 0.25) is 11.8 Å². The van der Waals surface area contributed by atoms with E-state index in [0.717, 1.165) is 6.07 Å². The number of fused-ring (bicyclic) bond motifs is 1. The lowest BCUT2D eigenvalue weighted by molar-refractivity contribution is -0.136. The molecule has 2 aliphatic rings. The van der Waals surface area contributed by atoms with Gasteiger partial charge in [0.25, 0.3) is 0 Å². The van der Waals surface area contributed by atoms with Crippen molar-refractivity contribution in [3.05, 3.63) is 29.3 Å². The van der Waals surface area contributed by atoms with Crippen molar-refractivity contribution in [3.8, 4) is 0 Å². The molecule has 0 aromatic heterocycles. The molecule has 22 heavy (non-hydrogen) atoms. The molecule has 0 aliphatic carbocycles. The largest absolute Gasteiger partial charge is 0.343 e. The number of carbonyl (C=O) groups is 2. The van der Waals surface area contributed by atoms with E-state index < -0.39 is 17.7 Å². The molecule has 1 aromatic rings. The van der Waals surface area contributed by atoms with Gasteiger partial charge in [-0.2, -0.15) is 0 Å². The molecule has 1 unspecified atom stereocenters. The topological polar surface area (TPSA) is 52.7 Å². The number of halogens is 2. The van der Waals surface area contributed by atoms with Gasteiger partial charge in [0.05, 0.1) is 18.2 Å². The Morgan fingerprint density at radius 1 is 1.36 bits per heavy atom. The number of hydrogen-bond donors (Lipinski definition) is 1. The van der Waals surface area contributed by atoms with Crippen molar-refractivity contribution in [3.63, 3.8) is 0 Å². The summed E-state index contributed by atoms with van der Waals surface area (Å²) in [5.41, 5.74) is 0.633. The quantitative estimate of drug-likeness (QED) is 0.874. The van der Waals surface area contributed by atoms with Crippen LogP contribution in [0, 0.1) is 11.6 Å². The summed E-state index contributed by atoms with van der Waals surface area (Å²) in [7, 11) is 1.69. The summed E-state index contributed by atoms with van der Waals surface area (Å²) in [5, 5.41) is 3.01. The molecule has 0 spiro atoms. The first-order valence-corrected chi connectivity index (χ1v) is 7.24. The number of nitrogens with one attached hydrogen (secondary N) is 1. The number of likely N-dealkylation sites (N-methyl/N-ethyl adjacent to an activating group) is 1. The molecule has 1 atom stereocenters. The summed E-state index contributed by atoms with van der Waals surface area (Å²) < 4.78 is 27.2. The zero-order chi connectivity index (χ0) is 15.9. The standard InChI is InChI=1S/C15H17F2N3O2/c1-19-5-3-18-12(15(19)22)8-13(21)20-4-2-9-6-10(16)7-11(17)14(9)20/h6-7,12,18H,2-5,8H2,1H3. The van der Waals surface area contributed by atoms with Crippen LogP contribution in [0.1, 0.15) is 12.0 Å². The maximum atomic E-state index is 14.0. The molecule has 3 rings (SSSR count). The maximum Gasteiger partial charge on any atom is 0.240 e. The number of rotatable bonds is 2. The van der Waals surface area contributed by atoms with Gasteiger partial charge in [-0.15, -0.1) is 0 Å². The van der Waals surface area contributed by atoms with E-state index in [1.807, 2.05) is 0 Å². The second-order valence-electron chi connectivity index (χ2n) is 5.66. The highest BCUT2D eigenvalue weighted by atomic mass is 19.1. The van der Waals surface area contributed by atoms with E-state index in [4.69, 9.17) is 0 Å². The van der Waals surface area contributed by atoms with Crippen molar-refractivity contribution < 1.29 is 18.4 Å². The van der Waals surface area contributed by atoms with Crippen molar-refractivity contribution in [2.75, 3.05) is 31.6 Å². The number of hydrogen-bond acceptors (Lipinski definition) is 3. The molecule has 1 fully saturated rings. The Hall–Kier alpha value is -2.02. The SMILES string of the molecule is CN1CCNC(CC(=O)N2CCc3cc(F)cc(F)c32)C1=O. The molecule has 0 radical (unpaired) electrons. The Bertz CT molecular complexity index is 635. The third-order valence-corrected chi connectivity index (χ3v) is 4.17. The first-order valence-electron chi connectivity index (χ1n) is 7.24. The molecule has 0 saturated carbocycles. The summed E-state index contributed by atoms with van der Waals surface area (Å²) >= 11 is 0. The van der Waals surface area contributed by atoms with Gasteiger partial charge in [-0.1, -0.05) is 0 Å². The molecule has 1 saturated heterocycles. The second-order valence-corrected chi connectivity index (χ2v) is 5.66. The van der Waals surface area contributed by atoms with Crippen LogP contribution in [-0.4, -0.2) is 49.4 Å². The minimum Gasteiger partial charge on any atom is -0.343 e. The average Bonchev–Trinajstić information content (AvgIpc) is 2.88. The van der Waals surface area contributed by atoms with Crippen LogP contribution in [0.4, 0.5) is 14.5 Å². The summed E-state index contributed by atoms with van der Waals surface area (Å²) in [5.74, 6) is -1.85. The summed E-state index contributed by atoms with van der Waals surface area (Å²) in [6.07, 6.45) is 0.390. The van der Waals surface area contributed by atoms with Crippen LogP contribution >= 0.6 is 0 Å². The van der Waals surface area contributed by atoms with Gasteiger partial charge >= 0.3 is 0 Å². The van der Waals surface area contributed by atoms with E-state index in [1.165, 1.54) is 11.0 Å². The number of piperazine rings is 1. The van der Waals surface area contributed by atoms with Gasteiger partial charge in [-0.25, -0.2) is 8.78 Å². The number of anilines is 1. The van der Waals surface area contributed by atoms with Gasteiger partial charge in [-0.3, -0.25) is 9.59 Å². The van der Waals surface area contributed by atoms with E-state index in [0.29, 0.717) is 31.6 Å². The van der Waals surface area contributed by atoms with Gasteiger partial charge in [-0.05, 0) is 18.1 Å². The Morgan fingerprint density at radius 3 is 2.91 bits per heavy atom. The Morgan fingerprint density at radius 2 is 2.14 bits per heavy atom. The molecule has 1 N–H and O–H groups in total. The van der Waals surface area contributed by atoms with Crippen molar-refractivity contribution >= 4 is 17.5 Å². The molecule has 1 aromatic carbocycles. The molecule has 2 amide bonds. The first kappa shape index (κ1) is 14.9. The summed E-state index contributed by atoms with van der Waals surface area (Å²) in [4.78, 5) is 27.3. The summed E-state index contributed by atoms with van der Waals surface area (Å²) in [6, 6.07) is 1.45. The highest BCUT2D eigenvalue weighted by molar-refractivity contribution is 5.99. The number of amides is 2. The molecule has 0 bridgehead atoms. The monoisotopic (exact) mass is 309 g/mol.